The molecule has 0 fully saturated rings. The summed E-state index contributed by atoms with van der Waals surface area (Å²) in [5.74, 6) is 0.968. The zero-order valence-electron chi connectivity index (χ0n) is 11.2. The predicted molar refractivity (Wildman–Crippen MR) is 74.1 cm³/mol. The van der Waals surface area contributed by atoms with Crippen LogP contribution in [0.25, 0.3) is 0 Å². The van der Waals surface area contributed by atoms with E-state index >= 15 is 0 Å². The highest BCUT2D eigenvalue weighted by Gasteiger charge is 2.16. The third kappa shape index (κ3) is 2.70. The number of carbonyl (C=O) groups excluding carboxylic acids is 1. The first-order valence-corrected chi connectivity index (χ1v) is 6.20. The maximum atomic E-state index is 12.0. The minimum atomic E-state index is 0.0175. The summed E-state index contributed by atoms with van der Waals surface area (Å²) in [6, 6.07) is 6.01. The normalized spacial score (nSPS) is 14.6. The molecule has 0 atom stereocenters. The summed E-state index contributed by atoms with van der Waals surface area (Å²) in [5.41, 5.74) is 3.11. The van der Waals surface area contributed by atoms with Gasteiger partial charge in [0.05, 0.1) is 18.9 Å². The van der Waals surface area contributed by atoms with Crippen LogP contribution in [0.2, 0.25) is 0 Å². The SMILES string of the molecule is CC1=NCCN1CC(=O)Nc1c(C)cccc1C. The standard InChI is InChI=1S/C14H19N3O/c1-10-5-4-6-11(2)14(10)16-13(18)9-17-8-7-15-12(17)3/h4-6H,7-9H2,1-3H3,(H,16,18). The second-order valence-corrected chi connectivity index (χ2v) is 4.67. The van der Waals surface area contributed by atoms with E-state index in [1.54, 1.807) is 0 Å². The molecule has 1 aromatic rings. The van der Waals surface area contributed by atoms with Crippen molar-refractivity contribution in [2.75, 3.05) is 25.0 Å². The van der Waals surface area contributed by atoms with Gasteiger partial charge < -0.3 is 10.2 Å². The third-order valence-corrected chi connectivity index (χ3v) is 3.25. The van der Waals surface area contributed by atoms with Crippen molar-refractivity contribution >= 4 is 17.4 Å². The number of carbonyl (C=O) groups is 1. The fourth-order valence-electron chi connectivity index (χ4n) is 2.15. The van der Waals surface area contributed by atoms with Gasteiger partial charge in [0, 0.05) is 12.2 Å². The zero-order valence-corrected chi connectivity index (χ0v) is 11.2. The number of hydrogen-bond donors (Lipinski definition) is 1. The Morgan fingerprint density at radius 3 is 2.56 bits per heavy atom. The second kappa shape index (κ2) is 5.21. The molecule has 1 amide bonds. The molecule has 0 saturated heterocycles. The fourth-order valence-corrected chi connectivity index (χ4v) is 2.15. The molecule has 4 nitrogen and oxygen atoms in total. The van der Waals surface area contributed by atoms with Gasteiger partial charge >= 0.3 is 0 Å². The van der Waals surface area contributed by atoms with E-state index in [0.29, 0.717) is 6.54 Å². The van der Waals surface area contributed by atoms with Crippen molar-refractivity contribution in [1.29, 1.82) is 0 Å². The molecule has 0 aliphatic carbocycles. The Balaban J connectivity index is 2.01. The van der Waals surface area contributed by atoms with Crippen LogP contribution in [0, 0.1) is 13.8 Å². The van der Waals surface area contributed by atoms with Crippen molar-refractivity contribution in [1.82, 2.24) is 4.90 Å². The number of anilines is 1. The van der Waals surface area contributed by atoms with E-state index in [9.17, 15) is 4.79 Å². The number of aryl methyl sites for hydroxylation is 2. The lowest BCUT2D eigenvalue weighted by molar-refractivity contribution is -0.116. The molecule has 0 aromatic heterocycles. The number of nitrogens with zero attached hydrogens (tertiary/aromatic N) is 2. The molecule has 1 aromatic carbocycles. The van der Waals surface area contributed by atoms with Crippen LogP contribution in [0.1, 0.15) is 18.1 Å². The van der Waals surface area contributed by atoms with Gasteiger partial charge in [-0.15, -0.1) is 0 Å². The lowest BCUT2D eigenvalue weighted by Gasteiger charge is -2.18. The van der Waals surface area contributed by atoms with Crippen LogP contribution in [0.3, 0.4) is 0 Å². The molecule has 1 heterocycles. The van der Waals surface area contributed by atoms with Crippen LogP contribution in [-0.4, -0.2) is 36.3 Å². The van der Waals surface area contributed by atoms with Crippen LogP contribution < -0.4 is 5.32 Å². The van der Waals surface area contributed by atoms with E-state index in [0.717, 1.165) is 35.7 Å². The molecule has 0 radical (unpaired) electrons. The highest BCUT2D eigenvalue weighted by Crippen LogP contribution is 2.19. The van der Waals surface area contributed by atoms with Crippen molar-refractivity contribution in [2.45, 2.75) is 20.8 Å². The quantitative estimate of drug-likeness (QED) is 0.885. The lowest BCUT2D eigenvalue weighted by atomic mass is 10.1. The molecule has 0 saturated carbocycles. The van der Waals surface area contributed by atoms with Gasteiger partial charge in [-0.25, -0.2) is 0 Å². The van der Waals surface area contributed by atoms with Crippen LogP contribution in [-0.2, 0) is 4.79 Å². The highest BCUT2D eigenvalue weighted by atomic mass is 16.2. The first-order valence-electron chi connectivity index (χ1n) is 6.20. The Morgan fingerprint density at radius 2 is 2.00 bits per heavy atom. The Kier molecular flexibility index (Phi) is 3.65. The maximum Gasteiger partial charge on any atom is 0.243 e. The Labute approximate surface area is 108 Å². The Morgan fingerprint density at radius 1 is 1.33 bits per heavy atom. The third-order valence-electron chi connectivity index (χ3n) is 3.25. The number of amides is 1. The van der Waals surface area contributed by atoms with Gasteiger partial charge in [-0.2, -0.15) is 0 Å². The largest absolute Gasteiger partial charge is 0.349 e. The summed E-state index contributed by atoms with van der Waals surface area (Å²) in [6.45, 7) is 7.97. The molecular formula is C14H19N3O. The van der Waals surface area contributed by atoms with Gasteiger partial charge in [0.15, 0.2) is 0 Å². The number of nitrogens with one attached hydrogen (secondary N) is 1. The number of amidine groups is 1. The fraction of sp³-hybridized carbons (Fsp3) is 0.429. The van der Waals surface area contributed by atoms with Crippen molar-refractivity contribution in [3.05, 3.63) is 29.3 Å². The van der Waals surface area contributed by atoms with Crippen LogP contribution in [0.5, 0.6) is 0 Å². The highest BCUT2D eigenvalue weighted by molar-refractivity contribution is 5.96. The van der Waals surface area contributed by atoms with E-state index in [2.05, 4.69) is 10.3 Å². The number of hydrogen-bond acceptors (Lipinski definition) is 3. The molecule has 0 spiro atoms. The van der Waals surface area contributed by atoms with Crippen LogP contribution >= 0.6 is 0 Å². The summed E-state index contributed by atoms with van der Waals surface area (Å²) in [5, 5.41) is 2.99. The van der Waals surface area contributed by atoms with E-state index in [4.69, 9.17) is 0 Å². The van der Waals surface area contributed by atoms with Crippen LogP contribution in [0.15, 0.2) is 23.2 Å². The second-order valence-electron chi connectivity index (χ2n) is 4.67. The number of para-hydroxylation sites is 1. The summed E-state index contributed by atoms with van der Waals surface area (Å²) < 4.78 is 0. The molecule has 18 heavy (non-hydrogen) atoms. The average molecular weight is 245 g/mol. The van der Waals surface area contributed by atoms with Gasteiger partial charge in [-0.05, 0) is 31.9 Å². The summed E-state index contributed by atoms with van der Waals surface area (Å²) in [7, 11) is 0. The number of aliphatic imine (C=N–C) groups is 1. The molecule has 4 heteroatoms. The van der Waals surface area contributed by atoms with Crippen LogP contribution in [0.4, 0.5) is 5.69 Å². The summed E-state index contributed by atoms with van der Waals surface area (Å²) >= 11 is 0. The van der Waals surface area contributed by atoms with E-state index < -0.39 is 0 Å². The van der Waals surface area contributed by atoms with E-state index in [1.165, 1.54) is 0 Å². The molecule has 1 aliphatic rings. The van der Waals surface area contributed by atoms with E-state index in [-0.39, 0.29) is 5.91 Å². The van der Waals surface area contributed by atoms with Gasteiger partial charge in [0.1, 0.15) is 0 Å². The molecule has 2 rings (SSSR count). The predicted octanol–water partition coefficient (Wildman–Crippen LogP) is 1.98. The summed E-state index contributed by atoms with van der Waals surface area (Å²) in [4.78, 5) is 18.3. The number of benzene rings is 1. The Bertz CT molecular complexity index is 474. The van der Waals surface area contributed by atoms with E-state index in [1.807, 2.05) is 43.9 Å². The van der Waals surface area contributed by atoms with Crippen molar-refractivity contribution in [3.63, 3.8) is 0 Å². The van der Waals surface area contributed by atoms with Gasteiger partial charge in [0.25, 0.3) is 0 Å². The number of rotatable bonds is 3. The van der Waals surface area contributed by atoms with Gasteiger partial charge in [0.2, 0.25) is 5.91 Å². The lowest BCUT2D eigenvalue weighted by Crippen LogP contribution is -2.34. The molecule has 0 bridgehead atoms. The molecule has 96 valence electrons. The molecule has 1 aliphatic heterocycles. The Hall–Kier alpha value is -1.84. The minimum absolute atomic E-state index is 0.0175. The topological polar surface area (TPSA) is 44.7 Å². The molecule has 1 N–H and O–H groups in total. The average Bonchev–Trinajstić information content (AvgIpc) is 2.70. The van der Waals surface area contributed by atoms with Gasteiger partial charge in [-0.1, -0.05) is 18.2 Å². The monoisotopic (exact) mass is 245 g/mol. The minimum Gasteiger partial charge on any atom is -0.349 e. The molecular weight excluding hydrogens is 226 g/mol. The smallest absolute Gasteiger partial charge is 0.243 e. The zero-order chi connectivity index (χ0) is 13.1. The first kappa shape index (κ1) is 12.6. The first-order chi connectivity index (χ1) is 8.58. The van der Waals surface area contributed by atoms with Crippen molar-refractivity contribution < 1.29 is 4.79 Å². The van der Waals surface area contributed by atoms with Crippen molar-refractivity contribution in [3.8, 4) is 0 Å². The van der Waals surface area contributed by atoms with Gasteiger partial charge in [-0.3, -0.25) is 9.79 Å². The molecule has 0 unspecified atom stereocenters. The van der Waals surface area contributed by atoms with Crippen molar-refractivity contribution in [2.24, 2.45) is 4.99 Å². The maximum absolute atomic E-state index is 12.0. The summed E-state index contributed by atoms with van der Waals surface area (Å²) in [6.07, 6.45) is 0.